The van der Waals surface area contributed by atoms with Crippen molar-refractivity contribution in [1.82, 2.24) is 0 Å². The van der Waals surface area contributed by atoms with Gasteiger partial charge in [-0.3, -0.25) is 0 Å². The average Bonchev–Trinajstić information content (AvgIpc) is 2.33. The molecule has 0 saturated carbocycles. The number of phenols is 1. The number of hydrogen-bond donors (Lipinski definition) is 2. The fourth-order valence-electron chi connectivity index (χ4n) is 1.80. The van der Waals surface area contributed by atoms with Crippen LogP contribution < -0.4 is 5.73 Å². The number of phenolic OH excluding ortho intramolecular Hbond substituents is 1. The van der Waals surface area contributed by atoms with Crippen LogP contribution >= 0.6 is 11.6 Å². The smallest absolute Gasteiger partial charge is 0.123 e. The Labute approximate surface area is 106 Å². The first-order valence-corrected chi connectivity index (χ1v) is 5.87. The molecule has 2 aromatic carbocycles. The highest BCUT2D eigenvalue weighted by molar-refractivity contribution is 6.33. The van der Waals surface area contributed by atoms with Gasteiger partial charge in [-0.2, -0.15) is 0 Å². The third-order valence-electron chi connectivity index (χ3n) is 2.66. The standard InChI is InChI=1S/C14H14ClNO/c15-13-4-2-1-3-11(13)12-9-10(7-8-16)5-6-14(12)17/h1-6,9,17H,7-8,16H2. The number of halogens is 1. The summed E-state index contributed by atoms with van der Waals surface area (Å²) in [6, 6.07) is 13.0. The van der Waals surface area contributed by atoms with E-state index in [1.807, 2.05) is 36.4 Å². The van der Waals surface area contributed by atoms with E-state index in [-0.39, 0.29) is 5.75 Å². The van der Waals surface area contributed by atoms with Crippen molar-refractivity contribution in [3.8, 4) is 16.9 Å². The lowest BCUT2D eigenvalue weighted by Crippen LogP contribution is -2.02. The predicted octanol–water partition coefficient (Wildman–Crippen LogP) is 3.21. The Kier molecular flexibility index (Phi) is 3.67. The molecule has 17 heavy (non-hydrogen) atoms. The minimum atomic E-state index is 0.235. The number of nitrogens with two attached hydrogens (primary N) is 1. The van der Waals surface area contributed by atoms with Crippen molar-refractivity contribution in [3.63, 3.8) is 0 Å². The van der Waals surface area contributed by atoms with Crippen molar-refractivity contribution < 1.29 is 5.11 Å². The summed E-state index contributed by atoms with van der Waals surface area (Å²) < 4.78 is 0. The van der Waals surface area contributed by atoms with Crippen LogP contribution in [0, 0.1) is 0 Å². The summed E-state index contributed by atoms with van der Waals surface area (Å²) in [7, 11) is 0. The average molecular weight is 248 g/mol. The summed E-state index contributed by atoms with van der Waals surface area (Å²) in [6.45, 7) is 0.590. The van der Waals surface area contributed by atoms with Gasteiger partial charge in [-0.25, -0.2) is 0 Å². The van der Waals surface area contributed by atoms with Gasteiger partial charge in [0.15, 0.2) is 0 Å². The summed E-state index contributed by atoms with van der Waals surface area (Å²) >= 11 is 6.12. The van der Waals surface area contributed by atoms with Gasteiger partial charge in [0.05, 0.1) is 0 Å². The van der Waals surface area contributed by atoms with Crippen molar-refractivity contribution in [1.29, 1.82) is 0 Å². The molecule has 3 heteroatoms. The van der Waals surface area contributed by atoms with Gasteiger partial charge in [0, 0.05) is 16.1 Å². The van der Waals surface area contributed by atoms with Crippen LogP contribution in [-0.2, 0) is 6.42 Å². The zero-order valence-electron chi connectivity index (χ0n) is 9.36. The number of benzene rings is 2. The van der Waals surface area contributed by atoms with E-state index < -0.39 is 0 Å². The second-order valence-electron chi connectivity index (χ2n) is 3.87. The molecule has 0 aliphatic rings. The van der Waals surface area contributed by atoms with Gasteiger partial charge in [0.2, 0.25) is 0 Å². The lowest BCUT2D eigenvalue weighted by Gasteiger charge is -2.09. The van der Waals surface area contributed by atoms with Crippen LogP contribution in [0.15, 0.2) is 42.5 Å². The van der Waals surface area contributed by atoms with Crippen molar-refractivity contribution in [2.24, 2.45) is 5.73 Å². The molecule has 2 nitrogen and oxygen atoms in total. The number of hydrogen-bond acceptors (Lipinski definition) is 2. The second-order valence-corrected chi connectivity index (χ2v) is 4.28. The Morgan fingerprint density at radius 2 is 1.82 bits per heavy atom. The summed E-state index contributed by atoms with van der Waals surface area (Å²) in [6.07, 6.45) is 0.789. The van der Waals surface area contributed by atoms with E-state index in [4.69, 9.17) is 17.3 Å². The normalized spacial score (nSPS) is 10.5. The molecule has 0 radical (unpaired) electrons. The maximum Gasteiger partial charge on any atom is 0.123 e. The lowest BCUT2D eigenvalue weighted by atomic mass is 10.0. The maximum absolute atomic E-state index is 9.89. The van der Waals surface area contributed by atoms with E-state index >= 15 is 0 Å². The fraction of sp³-hybridized carbons (Fsp3) is 0.143. The molecule has 0 atom stereocenters. The van der Waals surface area contributed by atoms with Crippen LogP contribution in [-0.4, -0.2) is 11.7 Å². The molecule has 0 unspecified atom stereocenters. The number of aromatic hydroxyl groups is 1. The molecule has 0 aromatic heterocycles. The van der Waals surface area contributed by atoms with Gasteiger partial charge >= 0.3 is 0 Å². The quantitative estimate of drug-likeness (QED) is 0.875. The second kappa shape index (κ2) is 5.21. The molecule has 2 rings (SSSR count). The van der Waals surface area contributed by atoms with E-state index in [2.05, 4.69) is 0 Å². The van der Waals surface area contributed by atoms with E-state index in [9.17, 15) is 5.11 Å². The maximum atomic E-state index is 9.89. The first-order chi connectivity index (χ1) is 8.22. The molecule has 0 spiro atoms. The van der Waals surface area contributed by atoms with Crippen LogP contribution in [0.3, 0.4) is 0 Å². The predicted molar refractivity (Wildman–Crippen MR) is 71.3 cm³/mol. The van der Waals surface area contributed by atoms with Crippen molar-refractivity contribution in [2.45, 2.75) is 6.42 Å². The Balaban J connectivity index is 2.51. The first kappa shape index (κ1) is 12.0. The Hall–Kier alpha value is -1.51. The third-order valence-corrected chi connectivity index (χ3v) is 2.99. The van der Waals surface area contributed by atoms with Crippen LogP contribution in [0.5, 0.6) is 5.75 Å². The monoisotopic (exact) mass is 247 g/mol. The van der Waals surface area contributed by atoms with Crippen molar-refractivity contribution >= 4 is 11.6 Å². The fourth-order valence-corrected chi connectivity index (χ4v) is 2.04. The Morgan fingerprint density at radius 1 is 1.06 bits per heavy atom. The molecular formula is C14H14ClNO. The zero-order valence-corrected chi connectivity index (χ0v) is 10.1. The van der Waals surface area contributed by atoms with Crippen molar-refractivity contribution in [2.75, 3.05) is 6.54 Å². The van der Waals surface area contributed by atoms with E-state index in [0.29, 0.717) is 11.6 Å². The summed E-state index contributed by atoms with van der Waals surface area (Å²) in [5.41, 5.74) is 8.22. The SMILES string of the molecule is NCCc1ccc(O)c(-c2ccccc2Cl)c1. The summed E-state index contributed by atoms with van der Waals surface area (Å²) in [4.78, 5) is 0. The van der Waals surface area contributed by atoms with Crippen molar-refractivity contribution in [3.05, 3.63) is 53.1 Å². The minimum Gasteiger partial charge on any atom is -0.507 e. The van der Waals surface area contributed by atoms with E-state index in [0.717, 1.165) is 23.1 Å². The van der Waals surface area contributed by atoms with Gasteiger partial charge < -0.3 is 10.8 Å². The molecule has 0 aliphatic heterocycles. The van der Waals surface area contributed by atoms with Crippen LogP contribution in [0.25, 0.3) is 11.1 Å². The molecule has 0 amide bonds. The van der Waals surface area contributed by atoms with Gasteiger partial charge in [0.25, 0.3) is 0 Å². The highest BCUT2D eigenvalue weighted by Crippen LogP contribution is 2.34. The lowest BCUT2D eigenvalue weighted by molar-refractivity contribution is 0.477. The molecule has 3 N–H and O–H groups in total. The molecule has 2 aromatic rings. The highest BCUT2D eigenvalue weighted by Gasteiger charge is 2.08. The largest absolute Gasteiger partial charge is 0.507 e. The minimum absolute atomic E-state index is 0.235. The zero-order chi connectivity index (χ0) is 12.3. The summed E-state index contributed by atoms with van der Waals surface area (Å²) in [5.74, 6) is 0.235. The molecule has 0 saturated heterocycles. The third kappa shape index (κ3) is 2.60. The molecular weight excluding hydrogens is 234 g/mol. The molecule has 0 heterocycles. The van der Waals surface area contributed by atoms with Gasteiger partial charge in [-0.1, -0.05) is 35.9 Å². The van der Waals surface area contributed by atoms with Crippen LogP contribution in [0.2, 0.25) is 5.02 Å². The summed E-state index contributed by atoms with van der Waals surface area (Å²) in [5, 5.41) is 10.5. The van der Waals surface area contributed by atoms with E-state index in [1.54, 1.807) is 6.07 Å². The van der Waals surface area contributed by atoms with E-state index in [1.165, 1.54) is 0 Å². The Morgan fingerprint density at radius 3 is 2.53 bits per heavy atom. The van der Waals surface area contributed by atoms with Gasteiger partial charge in [0.1, 0.15) is 5.75 Å². The topological polar surface area (TPSA) is 46.2 Å². The van der Waals surface area contributed by atoms with Gasteiger partial charge in [-0.15, -0.1) is 0 Å². The molecule has 0 bridgehead atoms. The van der Waals surface area contributed by atoms with Gasteiger partial charge in [-0.05, 0) is 36.7 Å². The molecule has 0 aliphatic carbocycles. The molecule has 88 valence electrons. The van der Waals surface area contributed by atoms with Crippen LogP contribution in [0.1, 0.15) is 5.56 Å². The Bertz CT molecular complexity index is 525. The molecule has 0 fully saturated rings. The first-order valence-electron chi connectivity index (χ1n) is 5.49. The number of rotatable bonds is 3. The highest BCUT2D eigenvalue weighted by atomic mass is 35.5. The van der Waals surface area contributed by atoms with Crippen LogP contribution in [0.4, 0.5) is 0 Å².